The number of hydrogen-bond acceptors (Lipinski definition) is 4. The lowest BCUT2D eigenvalue weighted by molar-refractivity contribution is 0.264. The lowest BCUT2D eigenvalue weighted by Crippen LogP contribution is -2.48. The van der Waals surface area contributed by atoms with Crippen LogP contribution < -0.4 is 4.72 Å². The highest BCUT2D eigenvalue weighted by atomic mass is 32.2. The summed E-state index contributed by atoms with van der Waals surface area (Å²) in [6.07, 6.45) is 4.29. The van der Waals surface area contributed by atoms with Gasteiger partial charge in [-0.05, 0) is 26.7 Å². The Morgan fingerprint density at radius 1 is 1.56 bits per heavy atom. The molecule has 2 heterocycles. The minimum absolute atomic E-state index is 0.0539. The van der Waals surface area contributed by atoms with Gasteiger partial charge in [0.25, 0.3) is 10.2 Å². The standard InChI is InChI=1S/C10H19N5O2S/c1-8-5-3-4-6-15(8)18(16,17)14-9(2)10-11-7-12-13-10/h7-9,14H,3-6H2,1-2H3,(H,11,12,13). The zero-order valence-electron chi connectivity index (χ0n) is 10.6. The van der Waals surface area contributed by atoms with Gasteiger partial charge in [0.1, 0.15) is 12.2 Å². The van der Waals surface area contributed by atoms with Crippen LogP contribution in [0.15, 0.2) is 6.33 Å². The SMILES string of the molecule is CC(NS(=O)(=O)N1CCCCC1C)c1ncn[nH]1. The molecule has 18 heavy (non-hydrogen) atoms. The fraction of sp³-hybridized carbons (Fsp3) is 0.800. The number of aromatic amines is 1. The third-order valence-electron chi connectivity index (χ3n) is 3.22. The van der Waals surface area contributed by atoms with Crippen LogP contribution in [-0.2, 0) is 10.2 Å². The van der Waals surface area contributed by atoms with Gasteiger partial charge in [0.2, 0.25) is 0 Å². The van der Waals surface area contributed by atoms with E-state index in [0.717, 1.165) is 19.3 Å². The fourth-order valence-electron chi connectivity index (χ4n) is 2.20. The minimum atomic E-state index is -3.46. The maximum Gasteiger partial charge on any atom is 0.280 e. The Hall–Kier alpha value is -0.990. The number of aromatic nitrogens is 3. The number of H-pyrrole nitrogens is 1. The normalized spacial score (nSPS) is 24.0. The summed E-state index contributed by atoms with van der Waals surface area (Å²) in [5, 5.41) is 6.38. The van der Waals surface area contributed by atoms with E-state index in [1.807, 2.05) is 6.92 Å². The first-order valence-electron chi connectivity index (χ1n) is 6.15. The molecule has 0 radical (unpaired) electrons. The number of piperidine rings is 1. The molecule has 0 saturated carbocycles. The van der Waals surface area contributed by atoms with E-state index in [-0.39, 0.29) is 6.04 Å². The molecular formula is C10H19N5O2S. The van der Waals surface area contributed by atoms with Crippen LogP contribution >= 0.6 is 0 Å². The van der Waals surface area contributed by atoms with Gasteiger partial charge in [-0.15, -0.1) is 0 Å². The van der Waals surface area contributed by atoms with Crippen LogP contribution in [0, 0.1) is 0 Å². The van der Waals surface area contributed by atoms with Crippen molar-refractivity contribution in [2.75, 3.05) is 6.54 Å². The zero-order chi connectivity index (χ0) is 13.2. The van der Waals surface area contributed by atoms with Crippen molar-refractivity contribution in [3.63, 3.8) is 0 Å². The Labute approximate surface area is 107 Å². The summed E-state index contributed by atoms with van der Waals surface area (Å²) in [7, 11) is -3.46. The molecule has 2 atom stereocenters. The maximum absolute atomic E-state index is 12.3. The first kappa shape index (κ1) is 13.4. The van der Waals surface area contributed by atoms with Gasteiger partial charge in [0.05, 0.1) is 6.04 Å². The zero-order valence-corrected chi connectivity index (χ0v) is 11.4. The van der Waals surface area contributed by atoms with Crippen LogP contribution in [0.2, 0.25) is 0 Å². The van der Waals surface area contributed by atoms with E-state index in [4.69, 9.17) is 0 Å². The molecule has 0 aliphatic carbocycles. The third kappa shape index (κ3) is 2.88. The van der Waals surface area contributed by atoms with Crippen molar-refractivity contribution >= 4 is 10.2 Å². The summed E-state index contributed by atoms with van der Waals surface area (Å²) in [5.41, 5.74) is 0. The van der Waals surface area contributed by atoms with E-state index in [9.17, 15) is 8.42 Å². The van der Waals surface area contributed by atoms with Crippen molar-refractivity contribution in [1.29, 1.82) is 0 Å². The van der Waals surface area contributed by atoms with Crippen molar-refractivity contribution in [2.45, 2.75) is 45.2 Å². The van der Waals surface area contributed by atoms with Gasteiger partial charge in [-0.3, -0.25) is 5.10 Å². The topological polar surface area (TPSA) is 91.0 Å². The summed E-state index contributed by atoms with van der Waals surface area (Å²) in [6.45, 7) is 4.27. The number of nitrogens with one attached hydrogen (secondary N) is 2. The summed E-state index contributed by atoms with van der Waals surface area (Å²) < 4.78 is 28.7. The molecule has 1 aliphatic rings. The Morgan fingerprint density at radius 2 is 2.33 bits per heavy atom. The molecule has 2 N–H and O–H groups in total. The van der Waals surface area contributed by atoms with Gasteiger partial charge >= 0.3 is 0 Å². The third-order valence-corrected chi connectivity index (χ3v) is 5.03. The van der Waals surface area contributed by atoms with Gasteiger partial charge in [-0.2, -0.15) is 22.5 Å². The number of hydrogen-bond donors (Lipinski definition) is 2. The van der Waals surface area contributed by atoms with Crippen molar-refractivity contribution in [3.05, 3.63) is 12.2 Å². The molecule has 0 amide bonds. The van der Waals surface area contributed by atoms with E-state index in [1.54, 1.807) is 6.92 Å². The van der Waals surface area contributed by atoms with Crippen LogP contribution in [0.1, 0.15) is 45.0 Å². The second-order valence-electron chi connectivity index (χ2n) is 4.67. The second kappa shape index (κ2) is 5.33. The molecule has 1 saturated heterocycles. The van der Waals surface area contributed by atoms with Crippen LogP contribution in [-0.4, -0.2) is 40.5 Å². The molecule has 0 bridgehead atoms. The molecule has 7 nitrogen and oxygen atoms in total. The molecule has 1 aliphatic heterocycles. The summed E-state index contributed by atoms with van der Waals surface area (Å²) in [5.74, 6) is 0.517. The largest absolute Gasteiger partial charge is 0.280 e. The summed E-state index contributed by atoms with van der Waals surface area (Å²) >= 11 is 0. The summed E-state index contributed by atoms with van der Waals surface area (Å²) in [4.78, 5) is 3.95. The highest BCUT2D eigenvalue weighted by Gasteiger charge is 2.31. The van der Waals surface area contributed by atoms with E-state index in [0.29, 0.717) is 12.4 Å². The predicted octanol–water partition coefficient (Wildman–Crippen LogP) is 0.574. The van der Waals surface area contributed by atoms with E-state index in [1.165, 1.54) is 10.6 Å². The fourth-order valence-corrected chi connectivity index (χ4v) is 3.84. The van der Waals surface area contributed by atoms with Crippen molar-refractivity contribution in [3.8, 4) is 0 Å². The van der Waals surface area contributed by atoms with Crippen LogP contribution in [0.3, 0.4) is 0 Å². The lowest BCUT2D eigenvalue weighted by Gasteiger charge is -2.32. The monoisotopic (exact) mass is 273 g/mol. The highest BCUT2D eigenvalue weighted by Crippen LogP contribution is 2.20. The van der Waals surface area contributed by atoms with Gasteiger partial charge in [-0.25, -0.2) is 4.98 Å². The maximum atomic E-state index is 12.3. The Kier molecular flexibility index (Phi) is 3.98. The Balaban J connectivity index is 2.07. The number of rotatable bonds is 4. The first-order valence-corrected chi connectivity index (χ1v) is 7.59. The van der Waals surface area contributed by atoms with Crippen molar-refractivity contribution < 1.29 is 8.42 Å². The predicted molar refractivity (Wildman–Crippen MR) is 66.9 cm³/mol. The molecule has 1 fully saturated rings. The molecule has 0 aromatic carbocycles. The molecule has 8 heteroatoms. The smallest absolute Gasteiger partial charge is 0.262 e. The van der Waals surface area contributed by atoms with Crippen LogP contribution in [0.4, 0.5) is 0 Å². The Morgan fingerprint density at radius 3 is 2.94 bits per heavy atom. The quantitative estimate of drug-likeness (QED) is 0.839. The van der Waals surface area contributed by atoms with Crippen LogP contribution in [0.5, 0.6) is 0 Å². The molecule has 1 aromatic heterocycles. The molecule has 0 spiro atoms. The van der Waals surface area contributed by atoms with Crippen molar-refractivity contribution in [1.82, 2.24) is 24.2 Å². The van der Waals surface area contributed by atoms with Gasteiger partial charge in [0.15, 0.2) is 0 Å². The minimum Gasteiger partial charge on any atom is -0.262 e. The average molecular weight is 273 g/mol. The molecule has 2 unspecified atom stereocenters. The highest BCUT2D eigenvalue weighted by molar-refractivity contribution is 7.87. The average Bonchev–Trinajstić information content (AvgIpc) is 2.82. The van der Waals surface area contributed by atoms with Crippen molar-refractivity contribution in [2.24, 2.45) is 0 Å². The molecular weight excluding hydrogens is 254 g/mol. The second-order valence-corrected chi connectivity index (χ2v) is 6.33. The molecule has 2 rings (SSSR count). The van der Waals surface area contributed by atoms with E-state index < -0.39 is 16.3 Å². The number of nitrogens with zero attached hydrogens (tertiary/aromatic N) is 3. The summed E-state index contributed by atoms with van der Waals surface area (Å²) in [6, 6.07) is -0.357. The molecule has 102 valence electrons. The van der Waals surface area contributed by atoms with Gasteiger partial charge in [0, 0.05) is 12.6 Å². The Bertz CT molecular complexity index is 472. The van der Waals surface area contributed by atoms with E-state index in [2.05, 4.69) is 19.9 Å². The molecule has 1 aromatic rings. The van der Waals surface area contributed by atoms with Gasteiger partial charge < -0.3 is 0 Å². The van der Waals surface area contributed by atoms with E-state index >= 15 is 0 Å². The lowest BCUT2D eigenvalue weighted by atomic mass is 10.1. The first-order chi connectivity index (χ1) is 8.50. The van der Waals surface area contributed by atoms with Gasteiger partial charge in [-0.1, -0.05) is 6.42 Å². The van der Waals surface area contributed by atoms with Crippen LogP contribution in [0.25, 0.3) is 0 Å².